The van der Waals surface area contributed by atoms with Gasteiger partial charge in [0, 0.05) is 0 Å². The van der Waals surface area contributed by atoms with Crippen LogP contribution in [-0.2, 0) is 4.57 Å². The minimum absolute atomic E-state index is 0.126. The highest BCUT2D eigenvalue weighted by atomic mass is 31.1. The van der Waals surface area contributed by atoms with Crippen LogP contribution in [0.5, 0.6) is 5.75 Å². The highest BCUT2D eigenvalue weighted by molar-refractivity contribution is 7.47. The molecule has 0 fully saturated rings. The Morgan fingerprint density at radius 3 is 2.15 bits per heavy atom. The van der Waals surface area contributed by atoms with E-state index in [1.807, 2.05) is 0 Å². The van der Waals surface area contributed by atoms with E-state index in [0.717, 1.165) is 0 Å². The molecule has 1 rings (SSSR count). The lowest BCUT2D eigenvalue weighted by molar-refractivity contribution is 0.108. The number of benzene rings is 1. The average Bonchev–Trinajstić information content (AvgIpc) is 2.02. The summed E-state index contributed by atoms with van der Waals surface area (Å²) in [5, 5.41) is 9.19. The zero-order valence-corrected chi connectivity index (χ0v) is 8.42. The van der Waals surface area contributed by atoms with Crippen LogP contribution in [0.2, 0.25) is 0 Å². The molecule has 0 saturated heterocycles. The summed E-state index contributed by atoms with van der Waals surface area (Å²) in [6.45, 7) is 3.42. The number of aromatic hydroxyl groups is 1. The molecular weight excluding hydrogens is 187 g/mol. The largest absolute Gasteiger partial charge is 0.508 e. The molecular formula is C9H10O3P+. The summed E-state index contributed by atoms with van der Waals surface area (Å²) in [5.74, 6) is 0.126. The van der Waals surface area contributed by atoms with Crippen LogP contribution in [0.4, 0.5) is 0 Å². The third-order valence-electron chi connectivity index (χ3n) is 1.84. The van der Waals surface area contributed by atoms with E-state index in [1.54, 1.807) is 13.8 Å². The molecule has 0 spiro atoms. The molecule has 1 aromatic rings. The second-order valence-corrected chi connectivity index (χ2v) is 3.54. The standard InChI is InChI=1S/C9H9O3P/c1-5-3-7(10)4-6(2)8(5)9(11)13-12/h3-4,10H,1-2H3/p+1. The molecule has 1 aromatic carbocycles. The van der Waals surface area contributed by atoms with Crippen molar-refractivity contribution in [1.82, 2.24) is 0 Å². The Kier molecular flexibility index (Phi) is 2.79. The van der Waals surface area contributed by atoms with E-state index in [9.17, 15) is 14.5 Å². The Bertz CT molecular complexity index is 348. The first-order valence-electron chi connectivity index (χ1n) is 3.79. The van der Waals surface area contributed by atoms with Gasteiger partial charge >= 0.3 is 14.0 Å². The lowest BCUT2D eigenvalue weighted by atomic mass is 10.0. The third kappa shape index (κ3) is 1.93. The van der Waals surface area contributed by atoms with E-state index in [-0.39, 0.29) is 5.75 Å². The molecule has 0 aliphatic rings. The van der Waals surface area contributed by atoms with Crippen molar-refractivity contribution in [3.05, 3.63) is 28.8 Å². The Morgan fingerprint density at radius 2 is 1.77 bits per heavy atom. The van der Waals surface area contributed by atoms with Crippen molar-refractivity contribution < 1.29 is 14.5 Å². The van der Waals surface area contributed by atoms with E-state index >= 15 is 0 Å². The first-order valence-corrected chi connectivity index (χ1v) is 4.69. The highest BCUT2D eigenvalue weighted by Crippen LogP contribution is 2.23. The SMILES string of the molecule is Cc1cc(O)cc(C)c1C(=O)[PH+]=O. The summed E-state index contributed by atoms with van der Waals surface area (Å²) < 4.78 is 10.4. The smallest absolute Gasteiger partial charge is 0.406 e. The summed E-state index contributed by atoms with van der Waals surface area (Å²) in [6.07, 6.45) is 0. The lowest BCUT2D eigenvalue weighted by Crippen LogP contribution is -1.97. The predicted octanol–water partition coefficient (Wildman–Crippen LogP) is 2.17. The minimum Gasteiger partial charge on any atom is -0.508 e. The van der Waals surface area contributed by atoms with Crippen molar-refractivity contribution in [1.29, 1.82) is 0 Å². The van der Waals surface area contributed by atoms with Gasteiger partial charge in [-0.25, -0.2) is 4.79 Å². The lowest BCUT2D eigenvalue weighted by Gasteiger charge is -2.02. The van der Waals surface area contributed by atoms with Gasteiger partial charge in [-0.1, -0.05) is 4.57 Å². The molecule has 0 aromatic heterocycles. The van der Waals surface area contributed by atoms with Gasteiger partial charge in [-0.3, -0.25) is 0 Å². The Morgan fingerprint density at radius 1 is 1.31 bits per heavy atom. The summed E-state index contributed by atoms with van der Waals surface area (Å²) in [7, 11) is -0.972. The van der Waals surface area contributed by atoms with Crippen LogP contribution in [0.25, 0.3) is 0 Å². The highest BCUT2D eigenvalue weighted by Gasteiger charge is 2.19. The number of carbonyl (C=O) groups excluding carboxylic acids is 1. The van der Waals surface area contributed by atoms with E-state index in [2.05, 4.69) is 0 Å². The quantitative estimate of drug-likeness (QED) is 0.739. The van der Waals surface area contributed by atoms with E-state index in [1.165, 1.54) is 12.1 Å². The fraction of sp³-hybridized carbons (Fsp3) is 0.222. The molecule has 3 nitrogen and oxygen atoms in total. The predicted molar refractivity (Wildman–Crippen MR) is 50.9 cm³/mol. The number of carbonyl (C=O) groups is 1. The van der Waals surface area contributed by atoms with Gasteiger partial charge in [0.1, 0.15) is 5.75 Å². The maximum absolute atomic E-state index is 11.2. The second kappa shape index (κ2) is 3.67. The van der Waals surface area contributed by atoms with Gasteiger partial charge in [-0.2, -0.15) is 0 Å². The van der Waals surface area contributed by atoms with Gasteiger partial charge in [0.2, 0.25) is 0 Å². The molecule has 0 bridgehead atoms. The summed E-state index contributed by atoms with van der Waals surface area (Å²) in [6, 6.07) is 2.97. The zero-order chi connectivity index (χ0) is 10.0. The topological polar surface area (TPSA) is 54.4 Å². The van der Waals surface area contributed by atoms with Crippen LogP contribution in [0.3, 0.4) is 0 Å². The molecule has 1 unspecified atom stereocenters. The Hall–Kier alpha value is -1.21. The number of hydrogen-bond donors (Lipinski definition) is 1. The molecule has 0 saturated carbocycles. The van der Waals surface area contributed by atoms with Crippen LogP contribution in [0, 0.1) is 13.8 Å². The first-order chi connectivity index (χ1) is 6.06. The van der Waals surface area contributed by atoms with Crippen LogP contribution in [0.1, 0.15) is 21.5 Å². The summed E-state index contributed by atoms with van der Waals surface area (Å²) in [5.41, 5.74) is 1.37. The number of hydrogen-bond acceptors (Lipinski definition) is 3. The number of aryl methyl sites for hydroxylation is 2. The van der Waals surface area contributed by atoms with Gasteiger partial charge in [-0.15, -0.1) is 0 Å². The van der Waals surface area contributed by atoms with E-state index < -0.39 is 14.0 Å². The molecule has 0 aliphatic carbocycles. The van der Waals surface area contributed by atoms with Crippen molar-refractivity contribution in [2.75, 3.05) is 0 Å². The molecule has 1 N–H and O–H groups in total. The number of phenolic OH excluding ortho intramolecular Hbond substituents is 1. The number of phenols is 1. The molecule has 0 amide bonds. The van der Waals surface area contributed by atoms with Gasteiger partial charge in [-0.05, 0) is 37.1 Å². The Labute approximate surface area is 77.6 Å². The molecule has 13 heavy (non-hydrogen) atoms. The van der Waals surface area contributed by atoms with Gasteiger partial charge in [0.25, 0.3) is 0 Å². The molecule has 68 valence electrons. The molecule has 4 heteroatoms. The minimum atomic E-state index is -0.972. The van der Waals surface area contributed by atoms with E-state index in [0.29, 0.717) is 16.7 Å². The maximum Gasteiger partial charge on any atom is 0.406 e. The van der Waals surface area contributed by atoms with Crippen LogP contribution < -0.4 is 0 Å². The Balaban J connectivity index is 3.36. The first kappa shape index (κ1) is 9.87. The fourth-order valence-corrected chi connectivity index (χ4v) is 1.85. The van der Waals surface area contributed by atoms with Crippen LogP contribution in [-0.4, -0.2) is 10.6 Å². The summed E-state index contributed by atoms with van der Waals surface area (Å²) >= 11 is 0. The molecule has 0 radical (unpaired) electrons. The van der Waals surface area contributed by atoms with Crippen molar-refractivity contribution in [2.45, 2.75) is 13.8 Å². The monoisotopic (exact) mass is 197 g/mol. The average molecular weight is 197 g/mol. The van der Waals surface area contributed by atoms with Crippen molar-refractivity contribution in [3.63, 3.8) is 0 Å². The second-order valence-electron chi connectivity index (χ2n) is 2.89. The molecule has 0 heterocycles. The van der Waals surface area contributed by atoms with Crippen molar-refractivity contribution in [3.8, 4) is 5.75 Å². The normalized spacial score (nSPS) is 10.3. The van der Waals surface area contributed by atoms with Crippen molar-refractivity contribution in [2.24, 2.45) is 0 Å². The molecule has 0 aliphatic heterocycles. The third-order valence-corrected chi connectivity index (χ3v) is 2.27. The zero-order valence-electron chi connectivity index (χ0n) is 7.42. The number of rotatable bonds is 2. The summed E-state index contributed by atoms with van der Waals surface area (Å²) in [4.78, 5) is 11.2. The molecule has 1 atom stereocenters. The van der Waals surface area contributed by atoms with Gasteiger partial charge in [0.15, 0.2) is 0 Å². The van der Waals surface area contributed by atoms with Crippen LogP contribution >= 0.6 is 8.46 Å². The fourth-order valence-electron chi connectivity index (χ4n) is 1.35. The van der Waals surface area contributed by atoms with Gasteiger partial charge < -0.3 is 5.11 Å². The van der Waals surface area contributed by atoms with Crippen LogP contribution in [0.15, 0.2) is 12.1 Å². The van der Waals surface area contributed by atoms with Crippen molar-refractivity contribution >= 4 is 14.0 Å². The van der Waals surface area contributed by atoms with Gasteiger partial charge in [0.05, 0.1) is 5.56 Å². The maximum atomic E-state index is 11.2. The van der Waals surface area contributed by atoms with E-state index in [4.69, 9.17) is 0 Å².